The number of aliphatic hydroxyl groups is 2. The molecule has 0 unspecified atom stereocenters. The third kappa shape index (κ3) is 10.3. The van der Waals surface area contributed by atoms with Gasteiger partial charge in [0.2, 0.25) is 5.79 Å². The number of aliphatic hydroxyl groups excluding tert-OH is 2. The monoisotopic (exact) mass is 860 g/mol. The number of amides is 1. The normalized spacial score (nSPS) is 22.9. The Balaban J connectivity index is 1.45. The van der Waals surface area contributed by atoms with Crippen molar-refractivity contribution in [2.75, 3.05) is 26.4 Å². The van der Waals surface area contributed by atoms with E-state index in [9.17, 15) is 19.4 Å². The van der Waals surface area contributed by atoms with E-state index in [4.69, 9.17) is 28.9 Å². The van der Waals surface area contributed by atoms with Gasteiger partial charge in [0.1, 0.15) is 35.7 Å². The molecule has 6 atom stereocenters. The second-order valence-corrected chi connectivity index (χ2v) is 16.8. The predicted molar refractivity (Wildman–Crippen MR) is 241 cm³/mol. The van der Waals surface area contributed by atoms with E-state index in [0.717, 1.165) is 53.7 Å². The van der Waals surface area contributed by atoms with Crippen LogP contribution in [0.4, 0.5) is 9.18 Å². The first kappa shape index (κ1) is 45.5. The van der Waals surface area contributed by atoms with Gasteiger partial charge in [0.05, 0.1) is 24.8 Å². The fraction of sp³-hybridized carbons (Fsp3) is 0.423. The van der Waals surface area contributed by atoms with Crippen LogP contribution >= 0.6 is 0 Å². The fourth-order valence-electron chi connectivity index (χ4n) is 9.68. The molecule has 1 saturated carbocycles. The molecule has 3 aliphatic rings. The number of carbonyl (C=O) groups is 1. The van der Waals surface area contributed by atoms with Crippen LogP contribution in [0.3, 0.4) is 0 Å². The zero-order chi connectivity index (χ0) is 44.3. The molecule has 1 heterocycles. The van der Waals surface area contributed by atoms with Crippen LogP contribution in [0.5, 0.6) is 17.2 Å². The first-order chi connectivity index (χ1) is 30.7. The summed E-state index contributed by atoms with van der Waals surface area (Å²) in [5, 5.41) is 24.9. The Labute approximate surface area is 371 Å². The molecule has 10 nitrogen and oxygen atoms in total. The van der Waals surface area contributed by atoms with Gasteiger partial charge in [-0.15, -0.1) is 6.58 Å². The quantitative estimate of drug-likeness (QED) is 0.0512. The van der Waals surface area contributed by atoms with E-state index < -0.39 is 23.8 Å². The molecular weight excluding hydrogens is 800 g/mol. The van der Waals surface area contributed by atoms with Crippen LogP contribution in [0.2, 0.25) is 0 Å². The maximum Gasteiger partial charge on any atom is 0.410 e. The van der Waals surface area contributed by atoms with Crippen molar-refractivity contribution in [3.8, 4) is 17.2 Å². The molecule has 63 heavy (non-hydrogen) atoms. The van der Waals surface area contributed by atoms with E-state index in [1.165, 1.54) is 17.7 Å². The highest BCUT2D eigenvalue weighted by Gasteiger charge is 2.65. The summed E-state index contributed by atoms with van der Waals surface area (Å²) in [5.41, 5.74) is 6.46. The Hall–Kier alpha value is -5.49. The summed E-state index contributed by atoms with van der Waals surface area (Å²) >= 11 is 0. The van der Waals surface area contributed by atoms with Gasteiger partial charge in [-0.05, 0) is 129 Å². The Morgan fingerprint density at radius 2 is 1.65 bits per heavy atom. The predicted octanol–water partition coefficient (Wildman–Crippen LogP) is 10.7. The van der Waals surface area contributed by atoms with E-state index >= 15 is 0 Å². The van der Waals surface area contributed by atoms with Crippen molar-refractivity contribution in [3.05, 3.63) is 149 Å². The molecule has 334 valence electrons. The van der Waals surface area contributed by atoms with Crippen molar-refractivity contribution in [2.45, 2.75) is 96.6 Å². The molecule has 0 saturated heterocycles. The summed E-state index contributed by atoms with van der Waals surface area (Å²) in [6, 6.07) is 27.1. The Bertz CT molecular complexity index is 2230. The molecule has 0 aromatic heterocycles. The number of carbonyl (C=O) groups excluding carboxylic acids is 1. The number of aryl methyl sites for hydroxylation is 2. The molecule has 0 radical (unpaired) electrons. The number of fused-ring (bicyclic) bond motifs is 2. The van der Waals surface area contributed by atoms with Crippen molar-refractivity contribution >= 4 is 11.8 Å². The maximum atomic E-state index is 14.5. The molecule has 2 aliphatic carbocycles. The van der Waals surface area contributed by atoms with Gasteiger partial charge in [0.25, 0.3) is 0 Å². The number of nitrogens with zero attached hydrogens (tertiary/aromatic N) is 2. The number of allylic oxidation sites excluding steroid dienone is 1. The highest BCUT2D eigenvalue weighted by atomic mass is 19.1. The zero-order valence-corrected chi connectivity index (χ0v) is 36.7. The van der Waals surface area contributed by atoms with Gasteiger partial charge < -0.3 is 34.0 Å². The molecule has 0 bridgehead atoms. The summed E-state index contributed by atoms with van der Waals surface area (Å²) in [7, 11) is 0. The van der Waals surface area contributed by atoms with Gasteiger partial charge in [-0.1, -0.05) is 78.7 Å². The number of benzene rings is 4. The van der Waals surface area contributed by atoms with Crippen LogP contribution in [-0.4, -0.2) is 65.2 Å². The number of hydrogen-bond donors (Lipinski definition) is 2. The molecule has 4 aromatic carbocycles. The van der Waals surface area contributed by atoms with Crippen molar-refractivity contribution < 1.29 is 43.2 Å². The third-order valence-corrected chi connectivity index (χ3v) is 12.8. The van der Waals surface area contributed by atoms with Gasteiger partial charge in [-0.3, -0.25) is 4.90 Å². The second kappa shape index (κ2) is 21.3. The molecule has 1 aliphatic heterocycles. The number of rotatable bonds is 20. The summed E-state index contributed by atoms with van der Waals surface area (Å²) in [6.07, 6.45) is 8.10. The molecule has 11 heteroatoms. The second-order valence-electron chi connectivity index (χ2n) is 16.8. The average molecular weight is 861 g/mol. The van der Waals surface area contributed by atoms with Crippen LogP contribution in [0.25, 0.3) is 0 Å². The number of ether oxygens (including phenoxy) is 4. The van der Waals surface area contributed by atoms with Gasteiger partial charge >= 0.3 is 6.09 Å². The van der Waals surface area contributed by atoms with E-state index in [-0.39, 0.29) is 69.6 Å². The summed E-state index contributed by atoms with van der Waals surface area (Å²) in [6.45, 7) is 10.6. The first-order valence-corrected chi connectivity index (χ1v) is 22.4. The van der Waals surface area contributed by atoms with Crippen molar-refractivity contribution in [2.24, 2.45) is 22.9 Å². The molecule has 1 amide bonds. The van der Waals surface area contributed by atoms with Gasteiger partial charge in [0, 0.05) is 37.7 Å². The lowest BCUT2D eigenvalue weighted by Gasteiger charge is -2.59. The number of unbranched alkanes of at least 4 members (excludes halogenated alkanes) is 2. The van der Waals surface area contributed by atoms with Crippen LogP contribution in [0.15, 0.2) is 120 Å². The topological polar surface area (TPSA) is 119 Å². The van der Waals surface area contributed by atoms with Crippen LogP contribution < -0.4 is 9.47 Å². The van der Waals surface area contributed by atoms with E-state index in [1.54, 1.807) is 30.0 Å². The lowest BCUT2D eigenvalue weighted by atomic mass is 9.55. The van der Waals surface area contributed by atoms with Crippen molar-refractivity contribution in [3.63, 3.8) is 0 Å². The summed E-state index contributed by atoms with van der Waals surface area (Å²) in [5.74, 6) is -0.616. The third-order valence-electron chi connectivity index (χ3n) is 12.8. The van der Waals surface area contributed by atoms with Crippen LogP contribution in [0, 0.1) is 37.4 Å². The molecule has 7 rings (SSSR count). The van der Waals surface area contributed by atoms with E-state index in [1.807, 2.05) is 60.7 Å². The molecule has 0 spiro atoms. The van der Waals surface area contributed by atoms with E-state index in [2.05, 4.69) is 32.6 Å². The highest BCUT2D eigenvalue weighted by molar-refractivity contribution is 6.03. The lowest BCUT2D eigenvalue weighted by molar-refractivity contribution is -0.256. The minimum Gasteiger partial charge on any atom is -0.459 e. The lowest BCUT2D eigenvalue weighted by Crippen LogP contribution is -2.70. The van der Waals surface area contributed by atoms with E-state index in [0.29, 0.717) is 35.6 Å². The molecule has 1 fully saturated rings. The Morgan fingerprint density at radius 3 is 2.37 bits per heavy atom. The van der Waals surface area contributed by atoms with Gasteiger partial charge in [-0.2, -0.15) is 0 Å². The summed E-state index contributed by atoms with van der Waals surface area (Å²) < 4.78 is 41.1. The zero-order valence-electron chi connectivity index (χ0n) is 36.7. The number of halogens is 1. The van der Waals surface area contributed by atoms with Crippen molar-refractivity contribution in [1.82, 2.24) is 4.90 Å². The average Bonchev–Trinajstić information content (AvgIpc) is 3.28. The summed E-state index contributed by atoms with van der Waals surface area (Å²) in [4.78, 5) is 22.3. The van der Waals surface area contributed by atoms with Crippen molar-refractivity contribution in [1.29, 1.82) is 0 Å². The van der Waals surface area contributed by atoms with Crippen LogP contribution in [0.1, 0.15) is 85.6 Å². The molecular formula is C52H61FN2O8. The SMILES string of the molecule is C=CCO[C@@]12Oc3ccc(Oc4ccc(C)c(C)c4)cc3[C@H]3[C@H](CCCCO)[C@@H](CCCCO)C=C(C(=NOCc4ccccc4)C[C@@H]1N(Cc1ccc(F)cc1)C(=O)OCC)[C@H]32. The highest BCUT2D eigenvalue weighted by Crippen LogP contribution is 2.62. The molecule has 4 aromatic rings. The Morgan fingerprint density at radius 1 is 0.921 bits per heavy atom. The number of oxime groups is 1. The standard InChI is InChI=1S/C52H61FN2O8/c1-5-28-60-52-48(55(51(58)59-6-2)33-37-19-21-40(53)22-20-37)32-46(54-61-34-38-14-8-7-9-15-38)44-30-39(16-10-12-26-56)43(17-11-13-27-57)49(50(44)52)45-31-42(24-25-47(45)63-52)62-41-23-18-35(3)36(4)29-41/h5,7-9,14-15,18-25,29-31,39,43,48-50,56-57H,1,6,10-13,16-17,26-28,32-34H2,2-4H3/t39-,43+,48-,49+,50+,52+/m0/s1. The molecule has 2 N–H and O–H groups in total. The van der Waals surface area contributed by atoms with Crippen LogP contribution in [-0.2, 0) is 27.5 Å². The van der Waals surface area contributed by atoms with Gasteiger partial charge in [0.15, 0.2) is 0 Å². The maximum absolute atomic E-state index is 14.5. The first-order valence-electron chi connectivity index (χ1n) is 22.4. The Kier molecular flexibility index (Phi) is 15.4. The fourth-order valence-corrected chi connectivity index (χ4v) is 9.68. The largest absolute Gasteiger partial charge is 0.459 e. The minimum atomic E-state index is -1.50. The number of hydrogen-bond acceptors (Lipinski definition) is 9. The van der Waals surface area contributed by atoms with Gasteiger partial charge in [-0.25, -0.2) is 9.18 Å². The minimum absolute atomic E-state index is 0.0218. The smallest absolute Gasteiger partial charge is 0.410 e.